The third-order valence-electron chi connectivity index (χ3n) is 19.2. The van der Waals surface area contributed by atoms with Crippen LogP contribution in [0.4, 0.5) is 0 Å². The van der Waals surface area contributed by atoms with E-state index in [0.29, 0.717) is 121 Å². The fourth-order valence-electron chi connectivity index (χ4n) is 13.4. The fourth-order valence-corrected chi connectivity index (χ4v) is 13.4. The molecule has 0 saturated heterocycles. The number of hydrogen-bond donors (Lipinski definition) is 8. The van der Waals surface area contributed by atoms with Crippen molar-refractivity contribution in [3.8, 4) is 45.6 Å². The van der Waals surface area contributed by atoms with Gasteiger partial charge in [-0.25, -0.2) is 29.9 Å². The molecule has 9 rings (SSSR count). The molecule has 2 amide bonds. The number of unbranched alkanes of at least 4 members (excludes halogenated alkanes) is 32. The molecule has 2 aliphatic heterocycles. The van der Waals surface area contributed by atoms with E-state index in [1.165, 1.54) is 25.7 Å². The van der Waals surface area contributed by atoms with Crippen molar-refractivity contribution in [2.45, 2.75) is 231 Å². The van der Waals surface area contributed by atoms with Crippen molar-refractivity contribution in [3.63, 3.8) is 0 Å². The molecule has 0 spiro atoms. The molecule has 1 radical (unpaired) electrons. The number of aliphatic imine (C=N–C) groups is 2. The first-order valence-corrected chi connectivity index (χ1v) is 38.0. The second-order valence-corrected chi connectivity index (χ2v) is 27.2. The molecule has 8 N–H and O–H groups in total. The summed E-state index contributed by atoms with van der Waals surface area (Å²) < 4.78 is 0. The maximum atomic E-state index is 14.0. The first-order valence-electron chi connectivity index (χ1n) is 38.0. The van der Waals surface area contributed by atoms with Crippen LogP contribution in [-0.4, -0.2) is 137 Å². The molecule has 0 atom stereocenters. The van der Waals surface area contributed by atoms with E-state index in [2.05, 4.69) is 30.6 Å². The quantitative estimate of drug-likeness (QED) is 0.00761. The van der Waals surface area contributed by atoms with E-state index in [-0.39, 0.29) is 84.6 Å². The summed E-state index contributed by atoms with van der Waals surface area (Å²) in [5, 5.41) is 73.2. The van der Waals surface area contributed by atoms with Gasteiger partial charge in [0.1, 0.15) is 22.6 Å². The van der Waals surface area contributed by atoms with E-state index < -0.39 is 0 Å². The Bertz CT molecular complexity index is 3960. The number of amides is 2. The van der Waals surface area contributed by atoms with Crippen molar-refractivity contribution in [1.29, 1.82) is 0 Å². The molecule has 21 heteroatoms. The molecule has 101 heavy (non-hydrogen) atoms. The predicted molar refractivity (Wildman–Crippen MR) is 398 cm³/mol. The number of benzene rings is 4. The van der Waals surface area contributed by atoms with Gasteiger partial charge in [0.2, 0.25) is 0 Å². The Labute approximate surface area is 606 Å². The number of aliphatic hydroxyl groups is 4. The van der Waals surface area contributed by atoms with Crippen LogP contribution in [-0.2, 0) is 17.1 Å². The van der Waals surface area contributed by atoms with Crippen LogP contribution in [0, 0.1) is 0 Å². The van der Waals surface area contributed by atoms with Crippen molar-refractivity contribution in [3.05, 3.63) is 95.1 Å². The SMILES string of the molecule is O=C(NCCCCCCCCCCCO)c1ccc2c(c1)-c1nc-2nc2nc(nc3[nH]c(nc4[nH]c(n1)c1ccc(C([O-])=NCCCCCCCCCCCO)cc41)c1ccc(C(=O)NCCCCCCCCCCCO)cc31)-c1ccc(C([O-])=NCCCCCCCCCCCO)cc1-2.[Cu+2]. The first-order chi connectivity index (χ1) is 49.2. The van der Waals surface area contributed by atoms with E-state index in [4.69, 9.17) is 50.3 Å². The average molecular weight is 1430 g/mol. The van der Waals surface area contributed by atoms with Gasteiger partial charge in [-0.15, -0.1) is 0 Å². The van der Waals surface area contributed by atoms with Crippen molar-refractivity contribution >= 4 is 67.7 Å². The molecule has 3 aromatic heterocycles. The van der Waals surface area contributed by atoms with Crippen LogP contribution in [0.15, 0.2) is 82.8 Å². The van der Waals surface area contributed by atoms with Crippen molar-refractivity contribution in [1.82, 2.24) is 50.5 Å². The Morgan fingerprint density at radius 3 is 1.02 bits per heavy atom. The topological polar surface area (TPSA) is 319 Å². The van der Waals surface area contributed by atoms with Crippen LogP contribution in [0.1, 0.15) is 263 Å². The number of aromatic amines is 2. The number of H-pyrrole nitrogens is 2. The predicted octanol–water partition coefficient (Wildman–Crippen LogP) is 14.6. The van der Waals surface area contributed by atoms with E-state index in [1.807, 2.05) is 30.3 Å². The standard InChI is InChI=1S/C80H110N12O8.Cu/c93-49-33-25-17-9-1-5-13-21-29-45-81-77(97)57-37-41-61-65(53-57)73-85-69(61)90-74-67-55-59(79(99)83-47-31-23-15-7-3-11-19-27-35-51-95)39-43-63(67)71(87-74)92-76-68-56-60(80(100)84-48-32-24-16-8-4-12-20-28-36-52-96)40-44-64(68)72(88-76)91-75-66-54-58(38-42-62(66)70(86-75)89-73)78(98)82-46-30-22-14-6-2-10-18-26-34-50-94;/h37-44,53-56,93-96H,1-36,45-52H2,(H,81,97)(H,82,98)(H,83,99)(H,84,100)(H2,85,86,87,88,89,90,91,92);/q;+2/p-2. The van der Waals surface area contributed by atoms with Crippen LogP contribution in [0.5, 0.6) is 0 Å². The molecule has 547 valence electrons. The smallest absolute Gasteiger partial charge is 0.858 e. The third-order valence-corrected chi connectivity index (χ3v) is 19.2. The van der Waals surface area contributed by atoms with Gasteiger partial charge >= 0.3 is 17.1 Å². The number of nitrogens with zero attached hydrogens (tertiary/aromatic N) is 8. The molecule has 20 nitrogen and oxygen atoms in total. The van der Waals surface area contributed by atoms with Gasteiger partial charge in [-0.2, -0.15) is 0 Å². The summed E-state index contributed by atoms with van der Waals surface area (Å²) in [6, 6.07) is 21.6. The normalized spacial score (nSPS) is 12.1. The van der Waals surface area contributed by atoms with E-state index >= 15 is 0 Å². The first kappa shape index (κ1) is 79.2. The third kappa shape index (κ3) is 24.3. The number of carbonyl (C=O) groups is 2. The van der Waals surface area contributed by atoms with Crippen LogP contribution < -0.4 is 20.8 Å². The molecule has 0 saturated carbocycles. The Morgan fingerprint density at radius 2 is 0.594 bits per heavy atom. The summed E-state index contributed by atoms with van der Waals surface area (Å²) in [6.07, 6.45) is 37.7. The van der Waals surface area contributed by atoms with Gasteiger partial charge in [0, 0.05) is 108 Å². The van der Waals surface area contributed by atoms with Crippen LogP contribution in [0.2, 0.25) is 0 Å². The fraction of sp³-hybridized carbons (Fsp3) is 0.550. The summed E-state index contributed by atoms with van der Waals surface area (Å²) in [7, 11) is 0. The Balaban J connectivity index is 0.0000130. The summed E-state index contributed by atoms with van der Waals surface area (Å²) in [5.74, 6) is -0.0559. The zero-order valence-corrected chi connectivity index (χ0v) is 60.3. The van der Waals surface area contributed by atoms with Crippen molar-refractivity contribution in [2.75, 3.05) is 52.6 Å². The number of nitrogens with one attached hydrogen (secondary N) is 4. The minimum absolute atomic E-state index is 0. The largest absolute Gasteiger partial charge is 2.00 e. The molecule has 4 aromatic carbocycles. The van der Waals surface area contributed by atoms with E-state index in [1.54, 1.807) is 42.5 Å². The molecule has 0 aliphatic carbocycles. The second kappa shape index (κ2) is 44.1. The van der Waals surface area contributed by atoms with Gasteiger partial charge in [-0.05, 0) is 135 Å². The maximum Gasteiger partial charge on any atom is 2.00 e. The molecular formula is C80H108CuN12O8. The van der Waals surface area contributed by atoms with Crippen molar-refractivity contribution < 1.29 is 57.3 Å². The molecular weight excluding hydrogens is 1320 g/mol. The van der Waals surface area contributed by atoms with Crippen LogP contribution >= 0.6 is 0 Å². The van der Waals surface area contributed by atoms with Gasteiger partial charge < -0.3 is 61.2 Å². The van der Waals surface area contributed by atoms with Gasteiger partial charge in [0.15, 0.2) is 23.3 Å². The number of hydrogen-bond acceptors (Lipinski definition) is 16. The Kier molecular flexibility index (Phi) is 34.6. The number of carbonyl (C=O) groups excluding carboxylic acids is 2. The summed E-state index contributed by atoms with van der Waals surface area (Å²) in [4.78, 5) is 75.4. The molecule has 2 aliphatic rings. The summed E-state index contributed by atoms with van der Waals surface area (Å²) in [6.45, 7) is 2.85. The summed E-state index contributed by atoms with van der Waals surface area (Å²) >= 11 is 0. The minimum atomic E-state index is -0.351. The zero-order chi connectivity index (χ0) is 69.9. The molecule has 0 fully saturated rings. The Morgan fingerprint density at radius 1 is 0.317 bits per heavy atom. The molecule has 5 heterocycles. The van der Waals surface area contributed by atoms with E-state index in [0.717, 1.165) is 205 Å². The number of rotatable bonds is 48. The van der Waals surface area contributed by atoms with Crippen LogP contribution in [0.25, 0.3) is 89.7 Å². The maximum absolute atomic E-state index is 14.0. The van der Waals surface area contributed by atoms with Gasteiger partial charge in [-0.3, -0.25) is 9.59 Å². The molecule has 8 bridgehead atoms. The molecule has 7 aromatic rings. The number of aromatic nitrogens is 8. The average Bonchev–Trinajstić information content (AvgIpc) is 1.61. The minimum Gasteiger partial charge on any atom is -0.858 e. The zero-order valence-electron chi connectivity index (χ0n) is 59.3. The van der Waals surface area contributed by atoms with E-state index in [9.17, 15) is 19.8 Å². The number of fused-ring (bicyclic) bond motifs is 20. The van der Waals surface area contributed by atoms with Crippen LogP contribution in [0.3, 0.4) is 0 Å². The van der Waals surface area contributed by atoms with Gasteiger partial charge in [-0.1, -0.05) is 192 Å². The Hall–Kier alpha value is -7.52. The molecule has 0 unspecified atom stereocenters. The van der Waals surface area contributed by atoms with Gasteiger partial charge in [0.05, 0.1) is 0 Å². The number of aliphatic hydroxyl groups excluding tert-OH is 4. The van der Waals surface area contributed by atoms with Crippen molar-refractivity contribution in [2.24, 2.45) is 9.98 Å². The van der Waals surface area contributed by atoms with Gasteiger partial charge in [0.25, 0.3) is 11.8 Å². The summed E-state index contributed by atoms with van der Waals surface area (Å²) in [5.41, 5.74) is 5.48. The monoisotopic (exact) mass is 1430 g/mol. The second-order valence-electron chi connectivity index (χ2n) is 27.2.